The Morgan fingerprint density at radius 2 is 1.96 bits per heavy atom. The van der Waals surface area contributed by atoms with Crippen LogP contribution >= 0.6 is 11.8 Å². The molecule has 1 saturated heterocycles. The maximum atomic E-state index is 12.8. The summed E-state index contributed by atoms with van der Waals surface area (Å²) in [5.74, 6) is 0.0161. The van der Waals surface area contributed by atoms with Gasteiger partial charge in [-0.05, 0) is 38.0 Å². The number of thioether (sulfide) groups is 1. The molecule has 0 radical (unpaired) electrons. The van der Waals surface area contributed by atoms with Gasteiger partial charge in [0, 0.05) is 42.7 Å². The van der Waals surface area contributed by atoms with Crippen LogP contribution < -0.4 is 10.6 Å². The number of hydrogen-bond donors (Lipinski definition) is 2. The van der Waals surface area contributed by atoms with Gasteiger partial charge in [-0.15, -0.1) is 11.8 Å². The van der Waals surface area contributed by atoms with Crippen molar-refractivity contribution >= 4 is 35.2 Å². The molecule has 1 aromatic rings. The fourth-order valence-electron chi connectivity index (χ4n) is 3.34. The van der Waals surface area contributed by atoms with E-state index in [1.54, 1.807) is 6.07 Å². The zero-order valence-electron chi connectivity index (χ0n) is 15.4. The molecule has 1 unspecified atom stereocenters. The fraction of sp³-hybridized carbons (Fsp3) is 0.526. The molecular formula is C19H24N4O3S. The van der Waals surface area contributed by atoms with Crippen molar-refractivity contribution in [3.05, 3.63) is 23.8 Å². The maximum Gasteiger partial charge on any atom is 0.254 e. The van der Waals surface area contributed by atoms with Gasteiger partial charge in [-0.2, -0.15) is 0 Å². The summed E-state index contributed by atoms with van der Waals surface area (Å²) < 4.78 is 0. The molecule has 7 nitrogen and oxygen atoms in total. The van der Waals surface area contributed by atoms with E-state index in [-0.39, 0.29) is 23.0 Å². The molecule has 2 N–H and O–H groups in total. The number of nitrogens with zero attached hydrogens (tertiary/aromatic N) is 2. The molecule has 2 fully saturated rings. The van der Waals surface area contributed by atoms with Gasteiger partial charge in [0.25, 0.3) is 5.91 Å². The lowest BCUT2D eigenvalue weighted by molar-refractivity contribution is -0.122. The number of piperazine rings is 1. The minimum Gasteiger partial charge on any atom is -0.352 e. The van der Waals surface area contributed by atoms with Crippen molar-refractivity contribution in [1.29, 1.82) is 0 Å². The first kappa shape index (κ1) is 18.3. The average Bonchev–Trinajstić information content (AvgIpc) is 3.46. The predicted octanol–water partition coefficient (Wildman–Crippen LogP) is 1.16. The molecule has 144 valence electrons. The largest absolute Gasteiger partial charge is 0.352 e. The third kappa shape index (κ3) is 4.27. The Balaban J connectivity index is 1.33. The molecule has 0 aromatic heterocycles. The molecule has 1 atom stereocenters. The molecule has 3 amide bonds. The first-order valence-electron chi connectivity index (χ1n) is 9.42. The molecule has 8 heteroatoms. The monoisotopic (exact) mass is 388 g/mol. The number of amides is 3. The van der Waals surface area contributed by atoms with E-state index in [1.807, 2.05) is 24.0 Å². The first-order chi connectivity index (χ1) is 13.0. The summed E-state index contributed by atoms with van der Waals surface area (Å²) in [6, 6.07) is 5.88. The second kappa shape index (κ2) is 7.52. The van der Waals surface area contributed by atoms with Gasteiger partial charge < -0.3 is 15.5 Å². The molecule has 2 aliphatic heterocycles. The van der Waals surface area contributed by atoms with E-state index in [4.69, 9.17) is 0 Å². The van der Waals surface area contributed by atoms with Crippen molar-refractivity contribution in [2.24, 2.45) is 0 Å². The van der Waals surface area contributed by atoms with Gasteiger partial charge >= 0.3 is 0 Å². The van der Waals surface area contributed by atoms with Crippen molar-refractivity contribution < 1.29 is 14.4 Å². The molecule has 1 aliphatic carbocycles. The Kier molecular flexibility index (Phi) is 5.10. The van der Waals surface area contributed by atoms with Crippen molar-refractivity contribution in [3.63, 3.8) is 0 Å². The minimum absolute atomic E-state index is 0.0299. The molecule has 4 rings (SSSR count). The van der Waals surface area contributed by atoms with Gasteiger partial charge in [-0.3, -0.25) is 19.3 Å². The van der Waals surface area contributed by atoms with E-state index < -0.39 is 0 Å². The van der Waals surface area contributed by atoms with E-state index in [0.29, 0.717) is 50.0 Å². The summed E-state index contributed by atoms with van der Waals surface area (Å²) >= 11 is 1.51. The molecule has 1 aromatic carbocycles. The lowest BCUT2D eigenvalue weighted by Gasteiger charge is -2.34. The van der Waals surface area contributed by atoms with Crippen LogP contribution in [0, 0.1) is 0 Å². The van der Waals surface area contributed by atoms with Crippen molar-refractivity contribution in [1.82, 2.24) is 15.1 Å². The molecule has 0 spiro atoms. The number of nitrogens with one attached hydrogen (secondary N) is 2. The Morgan fingerprint density at radius 3 is 2.67 bits per heavy atom. The Hall–Kier alpha value is -2.06. The van der Waals surface area contributed by atoms with E-state index >= 15 is 0 Å². The highest BCUT2D eigenvalue weighted by molar-refractivity contribution is 8.00. The Bertz CT molecular complexity index is 772. The van der Waals surface area contributed by atoms with Crippen LogP contribution in [0.4, 0.5) is 5.69 Å². The zero-order chi connectivity index (χ0) is 19.0. The molecule has 27 heavy (non-hydrogen) atoms. The van der Waals surface area contributed by atoms with E-state index in [1.165, 1.54) is 11.8 Å². The normalized spacial score (nSPS) is 22.8. The van der Waals surface area contributed by atoms with E-state index in [9.17, 15) is 14.4 Å². The lowest BCUT2D eigenvalue weighted by atomic mass is 10.1. The molecule has 3 aliphatic rings. The van der Waals surface area contributed by atoms with Crippen LogP contribution in [0.1, 0.15) is 30.1 Å². The molecule has 0 bridgehead atoms. The van der Waals surface area contributed by atoms with Gasteiger partial charge in [-0.1, -0.05) is 0 Å². The number of fused-ring (bicyclic) bond motifs is 1. The van der Waals surface area contributed by atoms with Gasteiger partial charge in [0.1, 0.15) is 0 Å². The summed E-state index contributed by atoms with van der Waals surface area (Å²) in [5.41, 5.74) is 1.30. The maximum absolute atomic E-state index is 12.8. The van der Waals surface area contributed by atoms with Crippen LogP contribution in [0.25, 0.3) is 0 Å². The average molecular weight is 388 g/mol. The van der Waals surface area contributed by atoms with Gasteiger partial charge in [0.15, 0.2) is 0 Å². The highest BCUT2D eigenvalue weighted by Gasteiger charge is 2.28. The van der Waals surface area contributed by atoms with Crippen LogP contribution in [-0.4, -0.2) is 71.5 Å². The van der Waals surface area contributed by atoms with Crippen molar-refractivity contribution in [3.8, 4) is 0 Å². The number of carbonyl (C=O) groups excluding carboxylic acids is 3. The lowest BCUT2D eigenvalue weighted by Crippen LogP contribution is -2.51. The Labute approximate surface area is 162 Å². The number of rotatable bonds is 4. The smallest absolute Gasteiger partial charge is 0.254 e. The number of hydrogen-bond acceptors (Lipinski definition) is 5. The fourth-order valence-corrected chi connectivity index (χ4v) is 4.27. The zero-order valence-corrected chi connectivity index (χ0v) is 16.2. The Morgan fingerprint density at radius 1 is 1.22 bits per heavy atom. The quantitative estimate of drug-likeness (QED) is 0.809. The van der Waals surface area contributed by atoms with Crippen LogP contribution in [0.3, 0.4) is 0 Å². The van der Waals surface area contributed by atoms with Crippen LogP contribution in [0.15, 0.2) is 23.1 Å². The third-order valence-corrected chi connectivity index (χ3v) is 6.30. The van der Waals surface area contributed by atoms with E-state index in [2.05, 4.69) is 15.5 Å². The summed E-state index contributed by atoms with van der Waals surface area (Å²) in [5, 5.41) is 5.75. The van der Waals surface area contributed by atoms with Gasteiger partial charge in [0.05, 0.1) is 17.5 Å². The van der Waals surface area contributed by atoms with Gasteiger partial charge in [-0.25, -0.2) is 0 Å². The van der Waals surface area contributed by atoms with Crippen molar-refractivity contribution in [2.75, 3.05) is 38.0 Å². The molecular weight excluding hydrogens is 364 g/mol. The van der Waals surface area contributed by atoms with Crippen molar-refractivity contribution in [2.45, 2.75) is 36.0 Å². The topological polar surface area (TPSA) is 81.8 Å². The van der Waals surface area contributed by atoms with E-state index in [0.717, 1.165) is 17.7 Å². The first-order valence-corrected chi connectivity index (χ1v) is 10.3. The number of benzene rings is 1. The second-order valence-electron chi connectivity index (χ2n) is 7.37. The second-order valence-corrected chi connectivity index (χ2v) is 8.75. The third-order valence-electron chi connectivity index (χ3n) is 5.13. The highest BCUT2D eigenvalue weighted by Crippen LogP contribution is 2.36. The SMILES string of the molecule is CC1Sc2ccc(C(=O)N3CCN(CC(=O)NC4CC4)CC3)cc2NC1=O. The highest BCUT2D eigenvalue weighted by atomic mass is 32.2. The minimum atomic E-state index is -0.121. The van der Waals surface area contributed by atoms with Crippen LogP contribution in [-0.2, 0) is 9.59 Å². The summed E-state index contributed by atoms with van der Waals surface area (Å²) in [6.45, 7) is 4.86. The molecule has 2 heterocycles. The summed E-state index contributed by atoms with van der Waals surface area (Å²) in [6.07, 6.45) is 2.18. The summed E-state index contributed by atoms with van der Waals surface area (Å²) in [4.78, 5) is 41.5. The number of carbonyl (C=O) groups is 3. The van der Waals surface area contributed by atoms with Gasteiger partial charge in [0.2, 0.25) is 11.8 Å². The van der Waals surface area contributed by atoms with Crippen LogP contribution in [0.2, 0.25) is 0 Å². The molecule has 1 saturated carbocycles. The standard InChI is InChI=1S/C19H24N4O3S/c1-12-18(25)21-15-10-13(2-5-16(15)27-12)19(26)23-8-6-22(7-9-23)11-17(24)20-14-3-4-14/h2,5,10,12,14H,3-4,6-9,11H2,1H3,(H,20,24)(H,21,25). The predicted molar refractivity (Wildman–Crippen MR) is 104 cm³/mol. The number of anilines is 1. The van der Waals surface area contributed by atoms with Crippen LogP contribution in [0.5, 0.6) is 0 Å². The summed E-state index contributed by atoms with van der Waals surface area (Å²) in [7, 11) is 0.